The predicted molar refractivity (Wildman–Crippen MR) is 73.4 cm³/mol. The fourth-order valence-electron chi connectivity index (χ4n) is 1.58. The van der Waals surface area contributed by atoms with E-state index in [1.165, 1.54) is 38.2 Å². The van der Waals surface area contributed by atoms with Crippen molar-refractivity contribution in [3.63, 3.8) is 0 Å². The van der Waals surface area contributed by atoms with Gasteiger partial charge in [0.2, 0.25) is 11.7 Å². The van der Waals surface area contributed by atoms with Gasteiger partial charge >= 0.3 is 18.2 Å². The van der Waals surface area contributed by atoms with Crippen LogP contribution in [0.1, 0.15) is 18.4 Å². The summed E-state index contributed by atoms with van der Waals surface area (Å²) in [6.07, 6.45) is -5.51. The highest BCUT2D eigenvalue weighted by atomic mass is 19.4. The molecular formula is C14H12F3N3O4. The lowest BCUT2D eigenvalue weighted by atomic mass is 10.1. The van der Waals surface area contributed by atoms with Gasteiger partial charge in [0.05, 0.1) is 0 Å². The molecule has 0 saturated carbocycles. The molecule has 24 heavy (non-hydrogen) atoms. The molecule has 128 valence electrons. The van der Waals surface area contributed by atoms with Gasteiger partial charge in [-0.1, -0.05) is 29.4 Å². The van der Waals surface area contributed by atoms with Crippen LogP contribution in [0.2, 0.25) is 0 Å². The zero-order chi connectivity index (χ0) is 17.9. The molecule has 0 aliphatic carbocycles. The van der Waals surface area contributed by atoms with Crippen molar-refractivity contribution in [1.82, 2.24) is 15.0 Å². The van der Waals surface area contributed by atoms with Crippen molar-refractivity contribution < 1.29 is 32.0 Å². The smallest absolute Gasteiger partial charge is 0.444 e. The Morgan fingerprint density at radius 2 is 1.88 bits per heavy atom. The van der Waals surface area contributed by atoms with Crippen molar-refractivity contribution in [2.45, 2.75) is 19.7 Å². The van der Waals surface area contributed by atoms with E-state index < -0.39 is 24.1 Å². The monoisotopic (exact) mass is 343 g/mol. The Morgan fingerprint density at radius 3 is 2.38 bits per heavy atom. The molecule has 0 saturated heterocycles. The second-order valence-corrected chi connectivity index (χ2v) is 4.75. The largest absolute Gasteiger partial charge is 0.471 e. The van der Waals surface area contributed by atoms with Gasteiger partial charge in [-0.25, -0.2) is 4.79 Å². The lowest BCUT2D eigenvalue weighted by Crippen LogP contribution is -2.31. The Bertz CT molecular complexity index is 740. The maximum atomic E-state index is 12.4. The minimum absolute atomic E-state index is 0.100. The third-order valence-electron chi connectivity index (χ3n) is 2.99. The van der Waals surface area contributed by atoms with Gasteiger partial charge in [0.15, 0.2) is 0 Å². The first-order valence-electron chi connectivity index (χ1n) is 6.59. The number of imide groups is 1. The van der Waals surface area contributed by atoms with Gasteiger partial charge in [0, 0.05) is 19.5 Å². The normalized spacial score (nSPS) is 11.2. The van der Waals surface area contributed by atoms with E-state index in [4.69, 9.17) is 4.74 Å². The summed E-state index contributed by atoms with van der Waals surface area (Å²) in [5, 5.41) is 3.26. The van der Waals surface area contributed by atoms with Gasteiger partial charge in [-0.3, -0.25) is 9.69 Å². The number of halogens is 3. The number of benzene rings is 1. The van der Waals surface area contributed by atoms with Crippen LogP contribution in [-0.4, -0.2) is 34.1 Å². The highest BCUT2D eigenvalue weighted by molar-refractivity contribution is 5.90. The molecule has 0 aliphatic heterocycles. The molecule has 0 fully saturated rings. The lowest BCUT2D eigenvalue weighted by molar-refractivity contribution is -0.159. The molecule has 2 rings (SSSR count). The number of ether oxygens (including phenoxy) is 1. The Labute approximate surface area is 134 Å². The van der Waals surface area contributed by atoms with E-state index in [0.29, 0.717) is 11.1 Å². The molecule has 2 amide bonds. The third-order valence-corrected chi connectivity index (χ3v) is 2.99. The van der Waals surface area contributed by atoms with Crippen LogP contribution in [-0.2, 0) is 22.3 Å². The summed E-state index contributed by atoms with van der Waals surface area (Å²) in [6, 6.07) is 5.98. The van der Waals surface area contributed by atoms with E-state index in [1.54, 1.807) is 0 Å². The molecule has 1 aromatic heterocycles. The van der Waals surface area contributed by atoms with Crippen LogP contribution in [0.25, 0.3) is 11.4 Å². The highest BCUT2D eigenvalue weighted by Crippen LogP contribution is 2.29. The molecular weight excluding hydrogens is 331 g/mol. The van der Waals surface area contributed by atoms with E-state index in [-0.39, 0.29) is 12.4 Å². The summed E-state index contributed by atoms with van der Waals surface area (Å²) in [7, 11) is 1.28. The minimum Gasteiger partial charge on any atom is -0.444 e. The molecule has 0 unspecified atom stereocenters. The molecule has 1 aromatic carbocycles. The number of rotatable bonds is 3. The number of amides is 2. The SMILES string of the molecule is CC(=O)N(C)C(=O)OCc1ccc(-c2noc(C(F)(F)F)n2)cc1. The summed E-state index contributed by atoms with van der Waals surface area (Å²) in [5.74, 6) is -2.10. The van der Waals surface area contributed by atoms with E-state index in [2.05, 4.69) is 14.7 Å². The summed E-state index contributed by atoms with van der Waals surface area (Å²) in [6.45, 7) is 1.12. The summed E-state index contributed by atoms with van der Waals surface area (Å²) in [5.41, 5.74) is 0.883. The topological polar surface area (TPSA) is 85.5 Å². The van der Waals surface area contributed by atoms with Crippen LogP contribution >= 0.6 is 0 Å². The number of carbonyl (C=O) groups excluding carboxylic acids is 2. The lowest BCUT2D eigenvalue weighted by Gasteiger charge is -2.13. The number of alkyl halides is 3. The molecule has 0 bridgehead atoms. The Balaban J connectivity index is 2.02. The van der Waals surface area contributed by atoms with Gasteiger partial charge < -0.3 is 9.26 Å². The van der Waals surface area contributed by atoms with Gasteiger partial charge in [0.25, 0.3) is 0 Å². The second kappa shape index (κ2) is 6.69. The highest BCUT2D eigenvalue weighted by Gasteiger charge is 2.38. The van der Waals surface area contributed by atoms with Crippen molar-refractivity contribution in [2.75, 3.05) is 7.05 Å². The molecule has 10 heteroatoms. The third kappa shape index (κ3) is 4.09. The van der Waals surface area contributed by atoms with Crippen molar-refractivity contribution in [2.24, 2.45) is 0 Å². The molecule has 0 N–H and O–H groups in total. The first-order chi connectivity index (χ1) is 11.2. The molecule has 0 spiro atoms. The zero-order valence-electron chi connectivity index (χ0n) is 12.6. The van der Waals surface area contributed by atoms with E-state index in [0.717, 1.165) is 4.90 Å². The van der Waals surface area contributed by atoms with Crippen molar-refractivity contribution in [3.8, 4) is 11.4 Å². The van der Waals surface area contributed by atoms with Crippen LogP contribution in [0.15, 0.2) is 28.8 Å². The van der Waals surface area contributed by atoms with Crippen LogP contribution in [0, 0.1) is 0 Å². The summed E-state index contributed by atoms with van der Waals surface area (Å²) in [4.78, 5) is 26.6. The number of carbonyl (C=O) groups is 2. The second-order valence-electron chi connectivity index (χ2n) is 4.75. The van der Waals surface area contributed by atoms with E-state index in [1.807, 2.05) is 0 Å². The molecule has 2 aromatic rings. The first-order valence-corrected chi connectivity index (χ1v) is 6.59. The van der Waals surface area contributed by atoms with Gasteiger partial charge in [0.1, 0.15) is 6.61 Å². The average Bonchev–Trinajstić information content (AvgIpc) is 3.02. The van der Waals surface area contributed by atoms with Crippen LogP contribution in [0.4, 0.5) is 18.0 Å². The fraction of sp³-hybridized carbons (Fsp3) is 0.286. The maximum absolute atomic E-state index is 12.4. The summed E-state index contributed by atoms with van der Waals surface area (Å²) < 4.78 is 46.3. The number of hydrogen-bond donors (Lipinski definition) is 0. The number of aromatic nitrogens is 2. The van der Waals surface area contributed by atoms with Crippen LogP contribution in [0.5, 0.6) is 0 Å². The van der Waals surface area contributed by atoms with Crippen molar-refractivity contribution in [1.29, 1.82) is 0 Å². The first kappa shape index (κ1) is 17.4. The van der Waals surface area contributed by atoms with E-state index in [9.17, 15) is 22.8 Å². The molecule has 1 heterocycles. The summed E-state index contributed by atoms with van der Waals surface area (Å²) >= 11 is 0. The predicted octanol–water partition coefficient (Wildman–Crippen LogP) is 2.87. The molecule has 0 atom stereocenters. The quantitative estimate of drug-likeness (QED) is 0.852. The Morgan fingerprint density at radius 1 is 1.25 bits per heavy atom. The van der Waals surface area contributed by atoms with E-state index >= 15 is 0 Å². The Hall–Kier alpha value is -2.91. The van der Waals surface area contributed by atoms with Gasteiger partial charge in [-0.2, -0.15) is 18.2 Å². The number of hydrogen-bond acceptors (Lipinski definition) is 6. The minimum atomic E-state index is -4.71. The fourth-order valence-corrected chi connectivity index (χ4v) is 1.58. The van der Waals surface area contributed by atoms with Crippen LogP contribution in [0.3, 0.4) is 0 Å². The Kier molecular flexibility index (Phi) is 4.86. The zero-order valence-corrected chi connectivity index (χ0v) is 12.6. The maximum Gasteiger partial charge on any atom is 0.471 e. The average molecular weight is 343 g/mol. The van der Waals surface area contributed by atoms with Crippen molar-refractivity contribution >= 4 is 12.0 Å². The molecule has 0 aliphatic rings. The molecule has 7 nitrogen and oxygen atoms in total. The standard InChI is InChI=1S/C14H12F3N3O4/c1-8(21)20(2)13(22)23-7-9-3-5-10(6-4-9)11-18-12(24-19-11)14(15,16)17/h3-6H,7H2,1-2H3. The van der Waals surface area contributed by atoms with Crippen LogP contribution < -0.4 is 0 Å². The van der Waals surface area contributed by atoms with Crippen molar-refractivity contribution in [3.05, 3.63) is 35.7 Å². The van der Waals surface area contributed by atoms with Gasteiger partial charge in [-0.15, -0.1) is 0 Å². The van der Waals surface area contributed by atoms with Gasteiger partial charge in [-0.05, 0) is 5.56 Å². The number of nitrogens with zero attached hydrogens (tertiary/aromatic N) is 3. The molecule has 0 radical (unpaired) electrons.